The number of carbonyl (C=O) groups excluding carboxylic acids is 1. The van der Waals surface area contributed by atoms with E-state index < -0.39 is 0 Å². The van der Waals surface area contributed by atoms with Crippen molar-refractivity contribution in [2.24, 2.45) is 17.8 Å². The second-order valence-electron chi connectivity index (χ2n) is 4.23. The zero-order valence-electron chi connectivity index (χ0n) is 9.46. The molecule has 0 bridgehead atoms. The summed E-state index contributed by atoms with van der Waals surface area (Å²) in [6.45, 7) is 10.8. The van der Waals surface area contributed by atoms with Crippen molar-refractivity contribution in [3.05, 3.63) is 0 Å². The Labute approximate surface area is 81.7 Å². The van der Waals surface area contributed by atoms with Crippen molar-refractivity contribution in [2.75, 3.05) is 6.61 Å². The Bertz CT molecular complexity index is 150. The molecule has 0 aliphatic carbocycles. The Morgan fingerprint density at radius 1 is 1.23 bits per heavy atom. The average molecular weight is 186 g/mol. The summed E-state index contributed by atoms with van der Waals surface area (Å²) in [5.41, 5.74) is 0. The third-order valence-corrected chi connectivity index (χ3v) is 2.12. The monoisotopic (exact) mass is 186 g/mol. The van der Waals surface area contributed by atoms with E-state index in [0.29, 0.717) is 18.4 Å². The van der Waals surface area contributed by atoms with Gasteiger partial charge in [-0.25, -0.2) is 0 Å². The number of carbonyl (C=O) groups is 1. The molecule has 0 aromatic heterocycles. The fraction of sp³-hybridized carbons (Fsp3) is 0.909. The van der Waals surface area contributed by atoms with Crippen LogP contribution in [0.3, 0.4) is 0 Å². The summed E-state index contributed by atoms with van der Waals surface area (Å²) in [5, 5.41) is 0. The lowest BCUT2D eigenvalue weighted by atomic mass is 9.88. The zero-order valence-corrected chi connectivity index (χ0v) is 9.46. The van der Waals surface area contributed by atoms with Crippen LogP contribution in [-0.4, -0.2) is 12.6 Å². The standard InChI is InChI=1S/C11H22O2/c1-6-13-11(12)10(9(4)5)7-8(2)3/h8-10H,6-7H2,1-5H3/t10-/m1/s1. The first kappa shape index (κ1) is 12.5. The number of hydrogen-bond donors (Lipinski definition) is 0. The van der Waals surface area contributed by atoms with E-state index in [1.807, 2.05) is 6.92 Å². The molecule has 0 radical (unpaired) electrons. The zero-order chi connectivity index (χ0) is 10.4. The summed E-state index contributed by atoms with van der Waals surface area (Å²) in [4.78, 5) is 11.5. The van der Waals surface area contributed by atoms with Gasteiger partial charge in [-0.05, 0) is 25.2 Å². The molecule has 0 saturated carbocycles. The maximum absolute atomic E-state index is 11.5. The van der Waals surface area contributed by atoms with Crippen LogP contribution < -0.4 is 0 Å². The van der Waals surface area contributed by atoms with Crippen LogP contribution in [-0.2, 0) is 9.53 Å². The predicted octanol–water partition coefficient (Wildman–Crippen LogP) is 2.87. The lowest BCUT2D eigenvalue weighted by molar-refractivity contribution is -0.150. The van der Waals surface area contributed by atoms with Gasteiger partial charge in [0.2, 0.25) is 0 Å². The van der Waals surface area contributed by atoms with Crippen LogP contribution in [0, 0.1) is 17.8 Å². The van der Waals surface area contributed by atoms with Gasteiger partial charge in [0.1, 0.15) is 0 Å². The molecule has 0 aromatic rings. The first-order valence-electron chi connectivity index (χ1n) is 5.15. The minimum atomic E-state index is -0.0359. The molecule has 0 amide bonds. The predicted molar refractivity (Wildman–Crippen MR) is 54.4 cm³/mol. The van der Waals surface area contributed by atoms with Crippen molar-refractivity contribution in [2.45, 2.75) is 41.0 Å². The van der Waals surface area contributed by atoms with Crippen molar-refractivity contribution in [3.63, 3.8) is 0 Å². The molecule has 2 nitrogen and oxygen atoms in total. The first-order valence-corrected chi connectivity index (χ1v) is 5.15. The molecule has 0 aliphatic heterocycles. The van der Waals surface area contributed by atoms with Gasteiger partial charge in [-0.3, -0.25) is 4.79 Å². The normalized spacial score (nSPS) is 13.5. The highest BCUT2D eigenvalue weighted by Gasteiger charge is 2.23. The highest BCUT2D eigenvalue weighted by atomic mass is 16.5. The van der Waals surface area contributed by atoms with Gasteiger partial charge in [-0.15, -0.1) is 0 Å². The summed E-state index contributed by atoms with van der Waals surface area (Å²) in [5.74, 6) is 0.962. The minimum absolute atomic E-state index is 0.0359. The summed E-state index contributed by atoms with van der Waals surface area (Å²) in [6.07, 6.45) is 0.927. The van der Waals surface area contributed by atoms with E-state index in [2.05, 4.69) is 27.7 Å². The molecule has 0 saturated heterocycles. The van der Waals surface area contributed by atoms with Gasteiger partial charge in [0, 0.05) is 0 Å². The molecule has 0 rings (SSSR count). The van der Waals surface area contributed by atoms with Crippen LogP contribution in [0.2, 0.25) is 0 Å². The molecule has 0 spiro atoms. The number of ether oxygens (including phenoxy) is 1. The van der Waals surface area contributed by atoms with Gasteiger partial charge in [-0.2, -0.15) is 0 Å². The molecule has 0 fully saturated rings. The van der Waals surface area contributed by atoms with E-state index >= 15 is 0 Å². The Morgan fingerprint density at radius 3 is 2.08 bits per heavy atom. The Kier molecular flexibility index (Phi) is 5.76. The van der Waals surface area contributed by atoms with Gasteiger partial charge >= 0.3 is 5.97 Å². The Hall–Kier alpha value is -0.530. The number of hydrogen-bond acceptors (Lipinski definition) is 2. The lowest BCUT2D eigenvalue weighted by Gasteiger charge is -2.20. The van der Waals surface area contributed by atoms with Gasteiger partial charge in [-0.1, -0.05) is 27.7 Å². The molecule has 2 heteroatoms. The van der Waals surface area contributed by atoms with E-state index in [-0.39, 0.29) is 11.9 Å². The molecular weight excluding hydrogens is 164 g/mol. The molecule has 78 valence electrons. The largest absolute Gasteiger partial charge is 0.466 e. The van der Waals surface area contributed by atoms with Crippen LogP contribution in [0.4, 0.5) is 0 Å². The second-order valence-corrected chi connectivity index (χ2v) is 4.23. The molecule has 0 unspecified atom stereocenters. The van der Waals surface area contributed by atoms with Crippen molar-refractivity contribution >= 4 is 5.97 Å². The van der Waals surface area contributed by atoms with Crippen LogP contribution in [0.5, 0.6) is 0 Å². The topological polar surface area (TPSA) is 26.3 Å². The van der Waals surface area contributed by atoms with E-state index in [9.17, 15) is 4.79 Å². The Balaban J connectivity index is 4.15. The maximum atomic E-state index is 11.5. The van der Waals surface area contributed by atoms with E-state index in [1.54, 1.807) is 0 Å². The summed E-state index contributed by atoms with van der Waals surface area (Å²) in [7, 11) is 0. The molecule has 0 aliphatic rings. The third kappa shape index (κ3) is 4.91. The second kappa shape index (κ2) is 6.01. The van der Waals surface area contributed by atoms with Gasteiger partial charge in [0.25, 0.3) is 0 Å². The lowest BCUT2D eigenvalue weighted by Crippen LogP contribution is -2.24. The smallest absolute Gasteiger partial charge is 0.309 e. The third-order valence-electron chi connectivity index (χ3n) is 2.12. The fourth-order valence-electron chi connectivity index (χ4n) is 1.40. The Morgan fingerprint density at radius 2 is 1.77 bits per heavy atom. The fourth-order valence-corrected chi connectivity index (χ4v) is 1.40. The quantitative estimate of drug-likeness (QED) is 0.617. The van der Waals surface area contributed by atoms with Crippen LogP contribution >= 0.6 is 0 Å². The van der Waals surface area contributed by atoms with Crippen molar-refractivity contribution in [1.82, 2.24) is 0 Å². The van der Waals surface area contributed by atoms with Crippen LogP contribution in [0.15, 0.2) is 0 Å². The summed E-state index contributed by atoms with van der Waals surface area (Å²) in [6, 6.07) is 0. The van der Waals surface area contributed by atoms with Gasteiger partial charge < -0.3 is 4.74 Å². The summed E-state index contributed by atoms with van der Waals surface area (Å²) < 4.78 is 5.03. The minimum Gasteiger partial charge on any atom is -0.466 e. The SMILES string of the molecule is CCOC(=O)[C@H](CC(C)C)C(C)C. The van der Waals surface area contributed by atoms with Gasteiger partial charge in [0.05, 0.1) is 12.5 Å². The van der Waals surface area contributed by atoms with Crippen molar-refractivity contribution < 1.29 is 9.53 Å². The number of rotatable bonds is 5. The van der Waals surface area contributed by atoms with E-state index in [0.717, 1.165) is 6.42 Å². The molecule has 0 aromatic carbocycles. The molecular formula is C11H22O2. The molecule has 13 heavy (non-hydrogen) atoms. The van der Waals surface area contributed by atoms with Crippen LogP contribution in [0.1, 0.15) is 41.0 Å². The highest BCUT2D eigenvalue weighted by molar-refractivity contribution is 5.72. The summed E-state index contributed by atoms with van der Waals surface area (Å²) >= 11 is 0. The van der Waals surface area contributed by atoms with Crippen molar-refractivity contribution in [1.29, 1.82) is 0 Å². The van der Waals surface area contributed by atoms with E-state index in [4.69, 9.17) is 4.74 Å². The molecule has 0 heterocycles. The molecule has 0 N–H and O–H groups in total. The van der Waals surface area contributed by atoms with Crippen molar-refractivity contribution in [3.8, 4) is 0 Å². The van der Waals surface area contributed by atoms with Gasteiger partial charge in [0.15, 0.2) is 0 Å². The highest BCUT2D eigenvalue weighted by Crippen LogP contribution is 2.21. The first-order chi connectivity index (χ1) is 5.99. The average Bonchev–Trinajstić information content (AvgIpc) is 1.99. The van der Waals surface area contributed by atoms with E-state index in [1.165, 1.54) is 0 Å². The maximum Gasteiger partial charge on any atom is 0.309 e. The molecule has 1 atom stereocenters. The van der Waals surface area contributed by atoms with Crippen LogP contribution in [0.25, 0.3) is 0 Å². The number of esters is 1.